The highest BCUT2D eigenvalue weighted by molar-refractivity contribution is 7.86. The van der Waals surface area contributed by atoms with Crippen molar-refractivity contribution >= 4 is 85.3 Å². The Morgan fingerprint density at radius 2 is 1.10 bits per heavy atom. The predicted octanol–water partition coefficient (Wildman–Crippen LogP) is 9.11. The smallest absolute Gasteiger partial charge is 0.294 e. The molecular formula is C56H42N8O11S3. The van der Waals surface area contributed by atoms with Gasteiger partial charge in [-0.2, -0.15) is 25.3 Å². The highest BCUT2D eigenvalue weighted by Crippen LogP contribution is 2.64. The molecule has 0 radical (unpaired) electrons. The molecule has 390 valence electrons. The molecule has 0 saturated heterocycles. The minimum absolute atomic E-state index is 0.0168. The quantitative estimate of drug-likeness (QED) is 0.0640. The molecule has 3 aliphatic carbocycles. The van der Waals surface area contributed by atoms with Crippen molar-refractivity contribution in [1.29, 1.82) is 0 Å². The number of rotatable bonds is 3. The van der Waals surface area contributed by atoms with Crippen molar-refractivity contribution in [2.45, 2.75) is 71.7 Å². The van der Waals surface area contributed by atoms with E-state index in [9.17, 15) is 49.1 Å². The number of fused-ring (bicyclic) bond motifs is 26. The van der Waals surface area contributed by atoms with E-state index in [1.807, 2.05) is 36.4 Å². The molecule has 0 spiro atoms. The van der Waals surface area contributed by atoms with Gasteiger partial charge in [0.05, 0.1) is 14.7 Å². The summed E-state index contributed by atoms with van der Waals surface area (Å²) in [7, 11) is -14.2. The average Bonchev–Trinajstić information content (AvgIpc) is 4.37. The number of aryl methyl sites for hydroxylation is 1. The second-order valence-electron chi connectivity index (χ2n) is 21.0. The molecule has 2 saturated carbocycles. The molecule has 9 aromatic rings. The van der Waals surface area contributed by atoms with Gasteiger partial charge < -0.3 is 20.2 Å². The molecule has 19 nitrogen and oxygen atoms in total. The standard InChI is InChI=1S/C56H42N8O11S3/c1-55-18-16-35-34-11-6-30(65)21-29(34)5-10-36(35)46(55)17-20-56(55,66)19-15-27-3-2-4-28-22-41-45(26-40(27)28)54-62-49-37-12-7-31(76(67,68)69)23-42(37)51(59-49)58-48-39-14-9-33(78(73,74)75)25-44(39)53(61-48)64-52-43-24-32(77(70,71)72)8-13-38(43)47(60-52)57-50(41)63-54/h2-4,6-9,11-14,21-26,35-36,46,65-66H,5,10,16-18,20H2,1H3,(H,67,68,69)(H,70,71,72)(H,73,74,75)(H2,57,58,59,60,61,62,63,64)/t35-,36-,46+,55+,56-/m1/s1. The number of aromatic nitrogens is 8. The van der Waals surface area contributed by atoms with E-state index in [4.69, 9.17) is 24.9 Å². The molecule has 5 atom stereocenters. The Balaban J connectivity index is 0.984. The summed E-state index contributed by atoms with van der Waals surface area (Å²) < 4.78 is 105. The number of nitrogens with one attached hydrogen (secondary N) is 2. The van der Waals surface area contributed by atoms with Crippen LogP contribution in [-0.2, 0) is 36.8 Å². The zero-order valence-electron chi connectivity index (χ0n) is 40.9. The molecule has 3 aromatic heterocycles. The van der Waals surface area contributed by atoms with Crippen molar-refractivity contribution in [3.8, 4) is 63.1 Å². The fourth-order valence-electron chi connectivity index (χ4n) is 13.1. The van der Waals surface area contributed by atoms with E-state index in [2.05, 4.69) is 39.8 Å². The number of hydrogen-bond donors (Lipinski definition) is 7. The van der Waals surface area contributed by atoms with Gasteiger partial charge in [0.15, 0.2) is 23.3 Å². The summed E-state index contributed by atoms with van der Waals surface area (Å²) in [4.78, 5) is 34.2. The van der Waals surface area contributed by atoms with Gasteiger partial charge in [-0.05, 0) is 163 Å². The SMILES string of the molecule is C[C@]12CC[C@@H]3c4ccc(O)cc4CC[C@H]3[C@@H]1CC[C@]2(O)C#Cc1cccc2cc3c(cc12)-c1nc-3nc2[nH]c(nc3nc(nc4[nH]c(n1)c1ccc(S(=O)(=O)O)cc41)-c1ccc(S(=O)(=O)O)cc1-3)c1cc(S(=O)(=O)O)ccc21. The topological polar surface area (TPSA) is 312 Å². The number of H-pyrrole nitrogens is 2. The number of benzene rings is 6. The molecule has 6 aromatic carbocycles. The highest BCUT2D eigenvalue weighted by Gasteiger charge is 2.61. The molecule has 0 amide bonds. The third kappa shape index (κ3) is 7.48. The molecule has 5 aliphatic rings. The van der Waals surface area contributed by atoms with Crippen LogP contribution in [0.3, 0.4) is 0 Å². The third-order valence-electron chi connectivity index (χ3n) is 16.9. The summed E-state index contributed by atoms with van der Waals surface area (Å²) in [6, 6.07) is 26.6. The summed E-state index contributed by atoms with van der Waals surface area (Å²) in [5.74, 6) is 8.24. The monoisotopic (exact) mass is 1100 g/mol. The summed E-state index contributed by atoms with van der Waals surface area (Å²) in [6.07, 6.45) is 4.93. The Labute approximate surface area is 443 Å². The summed E-state index contributed by atoms with van der Waals surface area (Å²) in [5.41, 5.74) is 3.10. The minimum Gasteiger partial charge on any atom is -0.508 e. The Hall–Kier alpha value is -8.01. The lowest BCUT2D eigenvalue weighted by Crippen LogP contribution is -2.50. The van der Waals surface area contributed by atoms with Crippen molar-refractivity contribution < 1.29 is 49.1 Å². The number of aliphatic hydroxyl groups is 1. The molecule has 22 heteroatoms. The maximum Gasteiger partial charge on any atom is 0.294 e. The van der Waals surface area contributed by atoms with Crippen LogP contribution in [0.5, 0.6) is 5.75 Å². The largest absolute Gasteiger partial charge is 0.508 e. The van der Waals surface area contributed by atoms with E-state index >= 15 is 0 Å². The van der Waals surface area contributed by atoms with Crippen molar-refractivity contribution in [2.24, 2.45) is 17.3 Å². The van der Waals surface area contributed by atoms with Gasteiger partial charge in [0.25, 0.3) is 30.4 Å². The predicted molar refractivity (Wildman–Crippen MR) is 288 cm³/mol. The number of nitrogens with zero attached hydrogens (tertiary/aromatic N) is 6. The van der Waals surface area contributed by atoms with Crippen LogP contribution in [0, 0.1) is 29.1 Å². The van der Waals surface area contributed by atoms with E-state index < -0.39 is 56.1 Å². The third-order valence-corrected chi connectivity index (χ3v) is 19.5. The molecule has 8 bridgehead atoms. The van der Waals surface area contributed by atoms with Crippen molar-refractivity contribution in [1.82, 2.24) is 39.9 Å². The summed E-state index contributed by atoms with van der Waals surface area (Å²) >= 11 is 0. The molecule has 5 heterocycles. The number of phenols is 1. The zero-order chi connectivity index (χ0) is 54.0. The van der Waals surface area contributed by atoms with Crippen molar-refractivity contribution in [3.05, 3.63) is 120 Å². The fourth-order valence-corrected chi connectivity index (χ4v) is 14.6. The summed E-state index contributed by atoms with van der Waals surface area (Å²) in [5, 5.41) is 25.4. The van der Waals surface area contributed by atoms with Gasteiger partial charge in [0.1, 0.15) is 33.9 Å². The first-order valence-corrected chi connectivity index (χ1v) is 29.2. The zero-order valence-corrected chi connectivity index (χ0v) is 43.3. The normalized spacial score (nSPS) is 21.6. The fraction of sp³-hybridized carbons (Fsp3) is 0.214. The maximum atomic E-state index is 12.7. The van der Waals surface area contributed by atoms with Crippen LogP contribution in [0.4, 0.5) is 0 Å². The first kappa shape index (κ1) is 48.4. The number of aromatic hydroxyl groups is 1. The van der Waals surface area contributed by atoms with Gasteiger partial charge in [-0.3, -0.25) is 13.7 Å². The van der Waals surface area contributed by atoms with Gasteiger partial charge in [-0.15, -0.1) is 0 Å². The number of aromatic amines is 2. The Morgan fingerprint density at radius 1 is 0.551 bits per heavy atom. The van der Waals surface area contributed by atoms with E-state index in [1.54, 1.807) is 6.07 Å². The molecule has 7 N–H and O–H groups in total. The average molecular weight is 1100 g/mol. The van der Waals surface area contributed by atoms with Crippen molar-refractivity contribution in [3.63, 3.8) is 0 Å². The van der Waals surface area contributed by atoms with Gasteiger partial charge in [-0.1, -0.05) is 37.0 Å². The Morgan fingerprint density at radius 3 is 1.72 bits per heavy atom. The minimum atomic E-state index is -4.76. The van der Waals surface area contributed by atoms with Gasteiger partial charge in [0, 0.05) is 54.8 Å². The Bertz CT molecular complexity index is 4840. The lowest BCUT2D eigenvalue weighted by Gasteiger charge is -2.52. The molecule has 78 heavy (non-hydrogen) atoms. The van der Waals surface area contributed by atoms with Crippen LogP contribution < -0.4 is 0 Å². The second-order valence-corrected chi connectivity index (χ2v) is 25.2. The van der Waals surface area contributed by atoms with E-state index in [-0.39, 0.29) is 79.5 Å². The Kier molecular flexibility index (Phi) is 10.2. The van der Waals surface area contributed by atoms with Crippen LogP contribution in [0.15, 0.2) is 118 Å². The highest BCUT2D eigenvalue weighted by atomic mass is 32.2. The van der Waals surface area contributed by atoms with E-state index in [0.717, 1.165) is 55.0 Å². The van der Waals surface area contributed by atoms with E-state index in [1.165, 1.54) is 53.6 Å². The maximum absolute atomic E-state index is 12.7. The van der Waals surface area contributed by atoms with Gasteiger partial charge in [-0.25, -0.2) is 29.9 Å². The lowest BCUT2D eigenvalue weighted by molar-refractivity contribution is -0.0647. The molecule has 14 rings (SSSR count). The summed E-state index contributed by atoms with van der Waals surface area (Å²) in [6.45, 7) is 2.19. The van der Waals surface area contributed by atoms with Crippen molar-refractivity contribution in [2.75, 3.05) is 0 Å². The number of phenolic OH excluding ortho intramolecular Hbond substituents is 1. The molecule has 2 fully saturated rings. The first-order chi connectivity index (χ1) is 37.1. The van der Waals surface area contributed by atoms with Crippen LogP contribution in [0.2, 0.25) is 0 Å². The van der Waals surface area contributed by atoms with Gasteiger partial charge >= 0.3 is 0 Å². The van der Waals surface area contributed by atoms with Crippen LogP contribution in [0.1, 0.15) is 61.6 Å². The van der Waals surface area contributed by atoms with E-state index in [0.29, 0.717) is 45.7 Å². The second kappa shape index (κ2) is 16.5. The molecule has 0 unspecified atom stereocenters. The van der Waals surface area contributed by atoms with Crippen LogP contribution in [0.25, 0.3) is 100 Å². The number of hydrogen-bond acceptors (Lipinski definition) is 14. The van der Waals surface area contributed by atoms with Gasteiger partial charge in [0.2, 0.25) is 0 Å². The lowest BCUT2D eigenvalue weighted by atomic mass is 9.53. The molecular weight excluding hydrogens is 1060 g/mol. The first-order valence-electron chi connectivity index (χ1n) is 24.9. The van der Waals surface area contributed by atoms with Crippen LogP contribution >= 0.6 is 0 Å². The molecule has 2 aliphatic heterocycles. The van der Waals surface area contributed by atoms with Crippen LogP contribution in [-0.4, -0.2) is 94.6 Å².